The number of nitrogens with zero attached hydrogens (tertiary/aromatic N) is 1. The Balaban J connectivity index is 2.21. The maximum absolute atomic E-state index is 11.9. The lowest BCUT2D eigenvalue weighted by atomic mass is 10.1. The fraction of sp³-hybridized carbons (Fsp3) is 1.00. The van der Waals surface area contributed by atoms with Crippen LogP contribution < -0.4 is 5.32 Å². The van der Waals surface area contributed by atoms with Crippen LogP contribution >= 0.6 is 0 Å². The molecular weight excluding hydrogens is 205 g/mol. The minimum atomic E-state index is -4.01. The van der Waals surface area contributed by atoms with Gasteiger partial charge in [-0.05, 0) is 26.8 Å². The molecule has 5 heteroatoms. The topological polar surface area (TPSA) is 15.3 Å². The molecule has 2 nitrogen and oxygen atoms in total. The van der Waals surface area contributed by atoms with Gasteiger partial charge in [-0.15, -0.1) is 0 Å². The van der Waals surface area contributed by atoms with Crippen LogP contribution in [-0.2, 0) is 0 Å². The summed E-state index contributed by atoms with van der Waals surface area (Å²) in [4.78, 5) is 2.11. The zero-order valence-electron chi connectivity index (χ0n) is 9.27. The Labute approximate surface area is 88.8 Å². The van der Waals surface area contributed by atoms with Crippen molar-refractivity contribution in [2.75, 3.05) is 19.6 Å². The summed E-state index contributed by atoms with van der Waals surface area (Å²) in [5, 5.41) is 3.35. The SMILES string of the molecule is CC1CN(CCCC(F)(F)F)CC(C)N1. The maximum Gasteiger partial charge on any atom is 0.389 e. The molecule has 1 aliphatic rings. The van der Waals surface area contributed by atoms with Crippen molar-refractivity contribution < 1.29 is 13.2 Å². The number of hydrogen-bond acceptors (Lipinski definition) is 2. The Morgan fingerprint density at radius 3 is 2.20 bits per heavy atom. The highest BCUT2D eigenvalue weighted by Gasteiger charge is 2.27. The Morgan fingerprint density at radius 1 is 1.20 bits per heavy atom. The average molecular weight is 224 g/mol. The molecule has 0 amide bonds. The smallest absolute Gasteiger partial charge is 0.309 e. The first-order valence-electron chi connectivity index (χ1n) is 5.42. The van der Waals surface area contributed by atoms with Crippen LogP contribution in [0, 0.1) is 0 Å². The van der Waals surface area contributed by atoms with Gasteiger partial charge >= 0.3 is 6.18 Å². The first kappa shape index (κ1) is 12.8. The molecule has 90 valence electrons. The standard InChI is InChI=1S/C10H19F3N2/c1-8-6-15(7-9(2)14-8)5-3-4-10(11,12)13/h8-9,14H,3-7H2,1-2H3. The molecule has 0 radical (unpaired) electrons. The molecule has 0 spiro atoms. The molecule has 1 aliphatic heterocycles. The van der Waals surface area contributed by atoms with Crippen molar-refractivity contribution in [3.05, 3.63) is 0 Å². The highest BCUT2D eigenvalue weighted by Crippen LogP contribution is 2.21. The van der Waals surface area contributed by atoms with E-state index in [-0.39, 0.29) is 6.42 Å². The lowest BCUT2D eigenvalue weighted by molar-refractivity contribution is -0.136. The number of halogens is 3. The van der Waals surface area contributed by atoms with Crippen LogP contribution in [0.4, 0.5) is 13.2 Å². The molecule has 2 atom stereocenters. The van der Waals surface area contributed by atoms with E-state index in [1.165, 1.54) is 0 Å². The third-order valence-corrected chi connectivity index (χ3v) is 2.57. The van der Waals surface area contributed by atoms with Crippen molar-refractivity contribution in [2.24, 2.45) is 0 Å². The van der Waals surface area contributed by atoms with E-state index in [1.807, 2.05) is 0 Å². The fourth-order valence-electron chi connectivity index (χ4n) is 2.13. The van der Waals surface area contributed by atoms with E-state index < -0.39 is 12.6 Å². The van der Waals surface area contributed by atoms with Gasteiger partial charge in [-0.3, -0.25) is 0 Å². The lowest BCUT2D eigenvalue weighted by Gasteiger charge is -2.36. The Morgan fingerprint density at radius 2 is 1.73 bits per heavy atom. The summed E-state index contributed by atoms with van der Waals surface area (Å²) in [6.45, 7) is 6.37. The van der Waals surface area contributed by atoms with E-state index in [9.17, 15) is 13.2 Å². The number of piperazine rings is 1. The minimum Gasteiger partial charge on any atom is -0.309 e. The van der Waals surface area contributed by atoms with Gasteiger partial charge in [0.15, 0.2) is 0 Å². The second-order valence-electron chi connectivity index (χ2n) is 4.45. The Hall–Kier alpha value is -0.290. The zero-order chi connectivity index (χ0) is 11.5. The number of nitrogens with one attached hydrogen (secondary N) is 1. The average Bonchev–Trinajstić information content (AvgIpc) is 1.99. The molecular formula is C10H19F3N2. The van der Waals surface area contributed by atoms with Crippen molar-refractivity contribution in [1.29, 1.82) is 0 Å². The van der Waals surface area contributed by atoms with E-state index in [4.69, 9.17) is 0 Å². The maximum atomic E-state index is 11.9. The second kappa shape index (κ2) is 5.16. The van der Waals surface area contributed by atoms with Crippen LogP contribution in [-0.4, -0.2) is 42.8 Å². The molecule has 0 aromatic heterocycles. The van der Waals surface area contributed by atoms with Gasteiger partial charge in [-0.25, -0.2) is 0 Å². The molecule has 0 saturated carbocycles. The van der Waals surface area contributed by atoms with Gasteiger partial charge in [0.2, 0.25) is 0 Å². The molecule has 1 fully saturated rings. The third-order valence-electron chi connectivity index (χ3n) is 2.57. The molecule has 0 aromatic rings. The van der Waals surface area contributed by atoms with Gasteiger partial charge in [-0.1, -0.05) is 0 Å². The normalized spacial score (nSPS) is 29.4. The monoisotopic (exact) mass is 224 g/mol. The Bertz CT molecular complexity index is 184. The van der Waals surface area contributed by atoms with Gasteiger partial charge in [0.1, 0.15) is 0 Å². The van der Waals surface area contributed by atoms with Crippen LogP contribution in [0.15, 0.2) is 0 Å². The minimum absolute atomic E-state index is 0.211. The number of rotatable bonds is 3. The summed E-state index contributed by atoms with van der Waals surface area (Å²) in [7, 11) is 0. The van der Waals surface area contributed by atoms with Crippen LogP contribution in [0.2, 0.25) is 0 Å². The van der Waals surface area contributed by atoms with E-state index in [0.717, 1.165) is 13.1 Å². The highest BCUT2D eigenvalue weighted by atomic mass is 19.4. The molecule has 15 heavy (non-hydrogen) atoms. The molecule has 1 heterocycles. The van der Waals surface area contributed by atoms with Gasteiger partial charge in [0.25, 0.3) is 0 Å². The first-order valence-corrected chi connectivity index (χ1v) is 5.42. The van der Waals surface area contributed by atoms with E-state index in [1.54, 1.807) is 0 Å². The predicted octanol–water partition coefficient (Wildman–Crippen LogP) is 2.01. The molecule has 0 aromatic carbocycles. The first-order chi connectivity index (χ1) is 6.87. The molecule has 1 saturated heterocycles. The third kappa shape index (κ3) is 5.37. The summed E-state index contributed by atoms with van der Waals surface area (Å²) in [5.74, 6) is 0. The quantitative estimate of drug-likeness (QED) is 0.789. The lowest BCUT2D eigenvalue weighted by Crippen LogP contribution is -2.54. The summed E-state index contributed by atoms with van der Waals surface area (Å²) in [5.41, 5.74) is 0. The van der Waals surface area contributed by atoms with Crippen LogP contribution in [0.5, 0.6) is 0 Å². The number of hydrogen-bond donors (Lipinski definition) is 1. The molecule has 1 rings (SSSR count). The summed E-state index contributed by atoms with van der Waals surface area (Å²) >= 11 is 0. The van der Waals surface area contributed by atoms with Crippen molar-refractivity contribution in [3.8, 4) is 0 Å². The highest BCUT2D eigenvalue weighted by molar-refractivity contribution is 4.80. The second-order valence-corrected chi connectivity index (χ2v) is 4.45. The van der Waals surface area contributed by atoms with Crippen molar-refractivity contribution >= 4 is 0 Å². The Kier molecular flexibility index (Phi) is 4.40. The zero-order valence-corrected chi connectivity index (χ0v) is 9.27. The van der Waals surface area contributed by atoms with E-state index in [2.05, 4.69) is 24.1 Å². The van der Waals surface area contributed by atoms with Gasteiger partial charge in [0, 0.05) is 31.6 Å². The largest absolute Gasteiger partial charge is 0.389 e. The predicted molar refractivity (Wildman–Crippen MR) is 53.8 cm³/mol. The van der Waals surface area contributed by atoms with Gasteiger partial charge < -0.3 is 10.2 Å². The summed E-state index contributed by atoms with van der Waals surface area (Å²) < 4.78 is 35.8. The van der Waals surface area contributed by atoms with Gasteiger partial charge in [-0.2, -0.15) is 13.2 Å². The summed E-state index contributed by atoms with van der Waals surface area (Å²) in [6, 6.07) is 0.749. The van der Waals surface area contributed by atoms with Crippen LogP contribution in [0.1, 0.15) is 26.7 Å². The molecule has 0 bridgehead atoms. The van der Waals surface area contributed by atoms with Crippen molar-refractivity contribution in [3.63, 3.8) is 0 Å². The summed E-state index contributed by atoms with van der Waals surface area (Å²) in [6.07, 6.45) is -4.46. The van der Waals surface area contributed by atoms with Crippen molar-refractivity contribution in [2.45, 2.75) is 44.9 Å². The number of alkyl halides is 3. The van der Waals surface area contributed by atoms with Crippen molar-refractivity contribution in [1.82, 2.24) is 10.2 Å². The van der Waals surface area contributed by atoms with E-state index in [0.29, 0.717) is 18.6 Å². The molecule has 1 N–H and O–H groups in total. The van der Waals surface area contributed by atoms with Crippen LogP contribution in [0.25, 0.3) is 0 Å². The van der Waals surface area contributed by atoms with Gasteiger partial charge in [0.05, 0.1) is 0 Å². The molecule has 2 unspecified atom stereocenters. The van der Waals surface area contributed by atoms with Crippen LogP contribution in [0.3, 0.4) is 0 Å². The van der Waals surface area contributed by atoms with E-state index >= 15 is 0 Å². The molecule has 0 aliphatic carbocycles. The fourth-order valence-corrected chi connectivity index (χ4v) is 2.13.